The summed E-state index contributed by atoms with van der Waals surface area (Å²) in [6, 6.07) is 10.3. The molecule has 0 bridgehead atoms. The van der Waals surface area contributed by atoms with E-state index in [1.54, 1.807) is 0 Å². The van der Waals surface area contributed by atoms with Crippen LogP contribution in [0.3, 0.4) is 0 Å². The summed E-state index contributed by atoms with van der Waals surface area (Å²) in [6.45, 7) is 0. The molecule has 0 radical (unpaired) electrons. The Balaban J connectivity index is 1.51. The van der Waals surface area contributed by atoms with Gasteiger partial charge in [-0.3, -0.25) is 0 Å². The van der Waals surface area contributed by atoms with E-state index < -0.39 is 12.3 Å². The van der Waals surface area contributed by atoms with Gasteiger partial charge >= 0.3 is 6.43 Å². The fourth-order valence-corrected chi connectivity index (χ4v) is 2.65. The maximum absolute atomic E-state index is 12.5. The zero-order chi connectivity index (χ0) is 17.2. The zero-order valence-corrected chi connectivity index (χ0v) is 13.1. The molecule has 2 heterocycles. The molecular weight excluding hydrogens is 328 g/mol. The molecule has 25 heavy (non-hydrogen) atoms. The van der Waals surface area contributed by atoms with Gasteiger partial charge in [0.05, 0.1) is 11.6 Å². The van der Waals surface area contributed by atoms with Gasteiger partial charge in [0.15, 0.2) is 0 Å². The molecule has 8 heteroatoms. The van der Waals surface area contributed by atoms with Crippen molar-refractivity contribution in [1.29, 1.82) is 0 Å². The van der Waals surface area contributed by atoms with E-state index in [-0.39, 0.29) is 11.9 Å². The molecule has 1 aliphatic rings. The molecule has 2 aromatic heterocycles. The van der Waals surface area contributed by atoms with Gasteiger partial charge in [-0.1, -0.05) is 30.3 Å². The van der Waals surface area contributed by atoms with Crippen LogP contribution < -0.4 is 5.32 Å². The van der Waals surface area contributed by atoms with E-state index in [9.17, 15) is 8.78 Å². The van der Waals surface area contributed by atoms with Crippen LogP contribution in [0.1, 0.15) is 36.8 Å². The minimum absolute atomic E-state index is 0.0244. The van der Waals surface area contributed by atoms with E-state index in [1.807, 2.05) is 18.2 Å². The highest BCUT2D eigenvalue weighted by atomic mass is 19.3. The summed E-state index contributed by atoms with van der Waals surface area (Å²) >= 11 is 0. The van der Waals surface area contributed by atoms with Gasteiger partial charge in [0.2, 0.25) is 5.95 Å². The Morgan fingerprint density at radius 2 is 1.76 bits per heavy atom. The first-order chi connectivity index (χ1) is 12.2. The number of hydrogen-bond acceptors (Lipinski definition) is 6. The monoisotopic (exact) mass is 343 g/mol. The van der Waals surface area contributed by atoms with Crippen molar-refractivity contribution in [1.82, 2.24) is 20.2 Å². The normalized spacial score (nSPS) is 15.3. The number of benzene rings is 1. The van der Waals surface area contributed by atoms with Gasteiger partial charge < -0.3 is 9.73 Å². The highest BCUT2D eigenvalue weighted by Crippen LogP contribution is 2.42. The van der Waals surface area contributed by atoms with Crippen molar-refractivity contribution in [2.45, 2.75) is 25.3 Å². The van der Waals surface area contributed by atoms with E-state index in [0.717, 1.165) is 0 Å². The van der Waals surface area contributed by atoms with Gasteiger partial charge in [0.1, 0.15) is 0 Å². The summed E-state index contributed by atoms with van der Waals surface area (Å²) in [5, 5.41) is 10.2. The van der Waals surface area contributed by atoms with E-state index in [4.69, 9.17) is 4.42 Å². The van der Waals surface area contributed by atoms with Crippen LogP contribution >= 0.6 is 0 Å². The fraction of sp³-hybridized carbons (Fsp3) is 0.294. The van der Waals surface area contributed by atoms with Crippen LogP contribution in [-0.2, 0) is 0 Å². The molecular formula is C17H15F2N5O. The molecule has 6 nitrogen and oxygen atoms in total. The number of rotatable bonds is 6. The first-order valence-corrected chi connectivity index (χ1v) is 7.96. The Kier molecular flexibility index (Phi) is 4.09. The molecule has 1 saturated carbocycles. The predicted molar refractivity (Wildman–Crippen MR) is 85.8 cm³/mol. The van der Waals surface area contributed by atoms with E-state index in [0.29, 0.717) is 17.4 Å². The fourth-order valence-electron chi connectivity index (χ4n) is 2.65. The van der Waals surface area contributed by atoms with Gasteiger partial charge in [-0.25, -0.2) is 9.97 Å². The molecule has 3 aromatic rings. The van der Waals surface area contributed by atoms with E-state index in [1.165, 1.54) is 30.8 Å². The molecule has 0 spiro atoms. The summed E-state index contributed by atoms with van der Waals surface area (Å²) < 4.78 is 29.9. The topological polar surface area (TPSA) is 76.7 Å². The van der Waals surface area contributed by atoms with Crippen LogP contribution in [0.2, 0.25) is 0 Å². The van der Waals surface area contributed by atoms with Crippen molar-refractivity contribution < 1.29 is 13.2 Å². The zero-order valence-electron chi connectivity index (χ0n) is 13.1. The maximum Gasteiger partial charge on any atom is 0.314 e. The van der Waals surface area contributed by atoms with Gasteiger partial charge in [-0.2, -0.15) is 8.78 Å². The van der Waals surface area contributed by atoms with Gasteiger partial charge in [-0.05, 0) is 24.3 Å². The summed E-state index contributed by atoms with van der Waals surface area (Å²) in [4.78, 5) is 8.49. The lowest BCUT2D eigenvalue weighted by molar-refractivity contribution is 0.116. The largest absolute Gasteiger partial charge is 0.415 e. The van der Waals surface area contributed by atoms with Crippen molar-refractivity contribution in [3.63, 3.8) is 0 Å². The van der Waals surface area contributed by atoms with Crippen LogP contribution in [-0.4, -0.2) is 20.2 Å². The number of halogens is 2. The highest BCUT2D eigenvalue weighted by Gasteiger charge is 2.32. The predicted octanol–water partition coefficient (Wildman–Crippen LogP) is 4.03. The SMILES string of the molecule is FC(F)c1nnc(-c2cnc(NC(c3ccccc3)C3CC3)nc2)o1. The Bertz CT molecular complexity index is 834. The number of nitrogens with zero attached hydrogens (tertiary/aromatic N) is 4. The van der Waals surface area contributed by atoms with Crippen molar-refractivity contribution in [3.8, 4) is 11.5 Å². The molecule has 1 aliphatic carbocycles. The molecule has 0 aliphatic heterocycles. The third-order valence-corrected chi connectivity index (χ3v) is 4.06. The second kappa shape index (κ2) is 6.54. The summed E-state index contributed by atoms with van der Waals surface area (Å²) in [5.74, 6) is 0.298. The minimum atomic E-state index is -2.80. The quantitative estimate of drug-likeness (QED) is 0.728. The minimum Gasteiger partial charge on any atom is -0.415 e. The van der Waals surface area contributed by atoms with E-state index >= 15 is 0 Å². The first kappa shape index (κ1) is 15.6. The number of nitrogens with one attached hydrogen (secondary N) is 1. The lowest BCUT2D eigenvalue weighted by Gasteiger charge is -2.18. The average molecular weight is 343 g/mol. The first-order valence-electron chi connectivity index (χ1n) is 7.96. The van der Waals surface area contributed by atoms with Crippen molar-refractivity contribution >= 4 is 5.95 Å². The highest BCUT2D eigenvalue weighted by molar-refractivity contribution is 5.50. The molecule has 1 fully saturated rings. The van der Waals surface area contributed by atoms with Crippen molar-refractivity contribution in [2.24, 2.45) is 5.92 Å². The number of hydrogen-bond donors (Lipinski definition) is 1. The van der Waals surface area contributed by atoms with Crippen LogP contribution in [0.4, 0.5) is 14.7 Å². The molecule has 1 N–H and O–H groups in total. The molecule has 4 rings (SSSR count). The molecule has 1 unspecified atom stereocenters. The van der Waals surface area contributed by atoms with E-state index in [2.05, 4.69) is 37.6 Å². The second-order valence-electron chi connectivity index (χ2n) is 5.91. The van der Waals surface area contributed by atoms with Gasteiger partial charge in [0.25, 0.3) is 11.8 Å². The lowest BCUT2D eigenvalue weighted by atomic mass is 10.0. The third-order valence-electron chi connectivity index (χ3n) is 4.06. The number of anilines is 1. The van der Waals surface area contributed by atoms with Crippen LogP contribution in [0.25, 0.3) is 11.5 Å². The average Bonchev–Trinajstić information content (AvgIpc) is 3.36. The van der Waals surface area contributed by atoms with Crippen molar-refractivity contribution in [2.75, 3.05) is 5.32 Å². The Hall–Kier alpha value is -2.90. The lowest BCUT2D eigenvalue weighted by Crippen LogP contribution is -2.14. The van der Waals surface area contributed by atoms with Crippen LogP contribution in [0, 0.1) is 5.92 Å². The molecule has 1 aromatic carbocycles. The number of aromatic nitrogens is 4. The summed E-state index contributed by atoms with van der Waals surface area (Å²) in [7, 11) is 0. The van der Waals surface area contributed by atoms with Crippen molar-refractivity contribution in [3.05, 3.63) is 54.2 Å². The standard InChI is InChI=1S/C17H15F2N5O/c18-14(19)16-24-23-15(25-16)12-8-20-17(21-9-12)22-13(11-6-7-11)10-4-2-1-3-5-10/h1-5,8-9,11,13-14H,6-7H2,(H,20,21,22). The summed E-state index contributed by atoms with van der Waals surface area (Å²) in [5.41, 5.74) is 1.59. The molecule has 1 atom stereocenters. The Labute approximate surface area is 142 Å². The molecule has 0 amide bonds. The molecule has 0 saturated heterocycles. The third kappa shape index (κ3) is 3.47. The maximum atomic E-state index is 12.5. The Morgan fingerprint density at radius 3 is 2.36 bits per heavy atom. The molecule has 128 valence electrons. The number of alkyl halides is 2. The van der Waals surface area contributed by atoms with Crippen LogP contribution in [0.15, 0.2) is 47.1 Å². The Morgan fingerprint density at radius 1 is 1.04 bits per heavy atom. The second-order valence-corrected chi connectivity index (χ2v) is 5.91. The van der Waals surface area contributed by atoms with Gasteiger partial charge in [0, 0.05) is 12.4 Å². The smallest absolute Gasteiger partial charge is 0.314 e. The van der Waals surface area contributed by atoms with Gasteiger partial charge in [-0.15, -0.1) is 10.2 Å². The summed E-state index contributed by atoms with van der Waals surface area (Å²) in [6.07, 6.45) is 2.50. The van der Waals surface area contributed by atoms with Crippen LogP contribution in [0.5, 0.6) is 0 Å².